The molecule has 1 heterocycles. The number of nitrogens with two attached hydrogens (primary N) is 1. The van der Waals surface area contributed by atoms with Crippen LogP contribution in [0.3, 0.4) is 0 Å². The molecule has 0 saturated carbocycles. The standard InChI is InChI=1S/C13H15N3O3/c14-13-15-8-11(12(17)16-13)19-7-6-18-9-10-4-2-1-3-5-10/h1-5,8H,6-7,9H2,(H3,14,15,16,17). The van der Waals surface area contributed by atoms with Gasteiger partial charge in [0.05, 0.1) is 19.4 Å². The summed E-state index contributed by atoms with van der Waals surface area (Å²) in [6.07, 6.45) is 1.33. The first-order chi connectivity index (χ1) is 9.25. The van der Waals surface area contributed by atoms with Gasteiger partial charge >= 0.3 is 0 Å². The third kappa shape index (κ3) is 4.11. The third-order valence-electron chi connectivity index (χ3n) is 2.35. The third-order valence-corrected chi connectivity index (χ3v) is 2.35. The summed E-state index contributed by atoms with van der Waals surface area (Å²) in [5, 5.41) is 9.43. The zero-order valence-corrected chi connectivity index (χ0v) is 10.3. The maximum absolute atomic E-state index is 9.43. The van der Waals surface area contributed by atoms with E-state index < -0.39 is 0 Å². The van der Waals surface area contributed by atoms with Crippen molar-refractivity contribution in [3.63, 3.8) is 0 Å². The predicted molar refractivity (Wildman–Crippen MR) is 69.7 cm³/mol. The van der Waals surface area contributed by atoms with Crippen molar-refractivity contribution in [1.29, 1.82) is 0 Å². The summed E-state index contributed by atoms with van der Waals surface area (Å²) in [5.41, 5.74) is 6.40. The first kappa shape index (κ1) is 13.1. The van der Waals surface area contributed by atoms with Crippen molar-refractivity contribution in [2.24, 2.45) is 0 Å². The zero-order chi connectivity index (χ0) is 13.5. The van der Waals surface area contributed by atoms with Gasteiger partial charge in [0.25, 0.3) is 5.88 Å². The first-order valence-corrected chi connectivity index (χ1v) is 5.81. The molecule has 2 rings (SSSR count). The Morgan fingerprint density at radius 2 is 1.95 bits per heavy atom. The van der Waals surface area contributed by atoms with Crippen LogP contribution in [-0.2, 0) is 11.3 Å². The normalized spacial score (nSPS) is 10.3. The van der Waals surface area contributed by atoms with Crippen LogP contribution in [0.4, 0.5) is 5.95 Å². The summed E-state index contributed by atoms with van der Waals surface area (Å²) in [4.78, 5) is 7.30. The minimum Gasteiger partial charge on any atom is -0.491 e. The average Bonchev–Trinajstić information content (AvgIpc) is 2.42. The Kier molecular flexibility index (Phi) is 4.52. The van der Waals surface area contributed by atoms with Gasteiger partial charge in [0, 0.05) is 0 Å². The van der Waals surface area contributed by atoms with Crippen LogP contribution in [-0.4, -0.2) is 28.3 Å². The average molecular weight is 261 g/mol. The smallest absolute Gasteiger partial charge is 0.259 e. The molecule has 2 aromatic rings. The molecule has 0 unspecified atom stereocenters. The van der Waals surface area contributed by atoms with E-state index in [0.717, 1.165) is 5.56 Å². The number of hydrogen-bond acceptors (Lipinski definition) is 6. The molecular formula is C13H15N3O3. The Bertz CT molecular complexity index is 520. The Hall–Kier alpha value is -2.34. The highest BCUT2D eigenvalue weighted by molar-refractivity contribution is 5.34. The topological polar surface area (TPSA) is 90.5 Å². The number of aromatic nitrogens is 2. The molecule has 1 aromatic carbocycles. The monoisotopic (exact) mass is 261 g/mol. The highest BCUT2D eigenvalue weighted by Crippen LogP contribution is 2.21. The van der Waals surface area contributed by atoms with E-state index in [2.05, 4.69) is 9.97 Å². The molecule has 0 saturated heterocycles. The van der Waals surface area contributed by atoms with Gasteiger partial charge in [-0.15, -0.1) is 0 Å². The molecule has 0 aliphatic rings. The maximum atomic E-state index is 9.43. The fourth-order valence-electron chi connectivity index (χ4n) is 1.45. The molecule has 100 valence electrons. The van der Waals surface area contributed by atoms with E-state index in [0.29, 0.717) is 19.8 Å². The van der Waals surface area contributed by atoms with Gasteiger partial charge in [-0.25, -0.2) is 4.98 Å². The second-order valence-corrected chi connectivity index (χ2v) is 3.80. The quantitative estimate of drug-likeness (QED) is 0.763. The van der Waals surface area contributed by atoms with Gasteiger partial charge in [-0.2, -0.15) is 4.98 Å². The second kappa shape index (κ2) is 6.55. The molecule has 0 amide bonds. The maximum Gasteiger partial charge on any atom is 0.259 e. The molecule has 0 aliphatic carbocycles. The van der Waals surface area contributed by atoms with Crippen molar-refractivity contribution < 1.29 is 14.6 Å². The van der Waals surface area contributed by atoms with Gasteiger partial charge in [-0.05, 0) is 5.56 Å². The summed E-state index contributed by atoms with van der Waals surface area (Å²) in [6, 6.07) is 9.84. The minimum atomic E-state index is -0.268. The Morgan fingerprint density at radius 3 is 2.68 bits per heavy atom. The van der Waals surface area contributed by atoms with Crippen LogP contribution in [0.1, 0.15) is 5.56 Å². The minimum absolute atomic E-state index is 0.00479. The van der Waals surface area contributed by atoms with Gasteiger partial charge < -0.3 is 20.3 Å². The van der Waals surface area contributed by atoms with Crippen molar-refractivity contribution in [3.05, 3.63) is 42.1 Å². The number of rotatable bonds is 6. The summed E-state index contributed by atoms with van der Waals surface area (Å²) in [6.45, 7) is 1.22. The molecule has 0 bridgehead atoms. The fourth-order valence-corrected chi connectivity index (χ4v) is 1.45. The van der Waals surface area contributed by atoms with Crippen LogP contribution in [0.5, 0.6) is 11.6 Å². The molecule has 1 aromatic heterocycles. The first-order valence-electron chi connectivity index (χ1n) is 5.81. The van der Waals surface area contributed by atoms with Gasteiger partial charge in [0.2, 0.25) is 5.95 Å². The van der Waals surface area contributed by atoms with Gasteiger partial charge in [0.1, 0.15) is 6.61 Å². The highest BCUT2D eigenvalue weighted by Gasteiger charge is 2.04. The lowest BCUT2D eigenvalue weighted by atomic mass is 10.2. The van der Waals surface area contributed by atoms with E-state index in [-0.39, 0.29) is 17.6 Å². The van der Waals surface area contributed by atoms with Crippen LogP contribution in [0, 0.1) is 0 Å². The molecule has 19 heavy (non-hydrogen) atoms. The van der Waals surface area contributed by atoms with Crippen LogP contribution < -0.4 is 10.5 Å². The highest BCUT2D eigenvalue weighted by atomic mass is 16.5. The van der Waals surface area contributed by atoms with Crippen molar-refractivity contribution in [2.45, 2.75) is 6.61 Å². The van der Waals surface area contributed by atoms with E-state index in [9.17, 15) is 5.11 Å². The number of benzene rings is 1. The van der Waals surface area contributed by atoms with E-state index in [1.165, 1.54) is 6.20 Å². The lowest BCUT2D eigenvalue weighted by molar-refractivity contribution is 0.0876. The number of hydrogen-bond donors (Lipinski definition) is 2. The Balaban J connectivity index is 1.69. The van der Waals surface area contributed by atoms with Gasteiger partial charge in [-0.3, -0.25) is 0 Å². The number of nitrogen functional groups attached to an aromatic ring is 1. The van der Waals surface area contributed by atoms with Crippen LogP contribution >= 0.6 is 0 Å². The lowest BCUT2D eigenvalue weighted by Gasteiger charge is -2.07. The summed E-state index contributed by atoms with van der Waals surface area (Å²) < 4.78 is 10.7. The van der Waals surface area contributed by atoms with Gasteiger partial charge in [0.15, 0.2) is 5.75 Å². The van der Waals surface area contributed by atoms with Crippen molar-refractivity contribution in [3.8, 4) is 11.6 Å². The molecule has 0 fully saturated rings. The number of nitrogens with zero attached hydrogens (tertiary/aromatic N) is 2. The summed E-state index contributed by atoms with van der Waals surface area (Å²) >= 11 is 0. The Labute approximate surface area is 110 Å². The molecular weight excluding hydrogens is 246 g/mol. The molecule has 0 spiro atoms. The van der Waals surface area contributed by atoms with Gasteiger partial charge in [-0.1, -0.05) is 30.3 Å². The largest absolute Gasteiger partial charge is 0.491 e. The van der Waals surface area contributed by atoms with Crippen LogP contribution in [0.2, 0.25) is 0 Å². The summed E-state index contributed by atoms with van der Waals surface area (Å²) in [5.74, 6) is -0.0711. The van der Waals surface area contributed by atoms with E-state index in [1.807, 2.05) is 30.3 Å². The lowest BCUT2D eigenvalue weighted by Crippen LogP contribution is -2.07. The second-order valence-electron chi connectivity index (χ2n) is 3.80. The Morgan fingerprint density at radius 1 is 1.16 bits per heavy atom. The number of aromatic hydroxyl groups is 1. The van der Waals surface area contributed by atoms with Crippen molar-refractivity contribution in [2.75, 3.05) is 18.9 Å². The van der Waals surface area contributed by atoms with Crippen molar-refractivity contribution in [1.82, 2.24) is 9.97 Å². The van der Waals surface area contributed by atoms with Crippen LogP contribution in [0.15, 0.2) is 36.5 Å². The number of anilines is 1. The molecule has 6 nitrogen and oxygen atoms in total. The van der Waals surface area contributed by atoms with E-state index in [1.54, 1.807) is 0 Å². The fraction of sp³-hybridized carbons (Fsp3) is 0.231. The molecule has 0 atom stereocenters. The molecule has 0 radical (unpaired) electrons. The SMILES string of the molecule is Nc1ncc(OCCOCc2ccccc2)c(O)n1. The van der Waals surface area contributed by atoms with E-state index >= 15 is 0 Å². The summed E-state index contributed by atoms with van der Waals surface area (Å²) in [7, 11) is 0. The predicted octanol–water partition coefficient (Wildman–Crippen LogP) is 1.36. The van der Waals surface area contributed by atoms with E-state index in [4.69, 9.17) is 15.2 Å². The molecule has 6 heteroatoms. The van der Waals surface area contributed by atoms with Crippen LogP contribution in [0.25, 0.3) is 0 Å². The van der Waals surface area contributed by atoms with Crippen molar-refractivity contribution >= 4 is 5.95 Å². The molecule has 0 aliphatic heterocycles. The number of ether oxygens (including phenoxy) is 2. The zero-order valence-electron chi connectivity index (χ0n) is 10.3. The molecule has 3 N–H and O–H groups in total.